The summed E-state index contributed by atoms with van der Waals surface area (Å²) in [6, 6.07) is 6.20. The zero-order valence-corrected chi connectivity index (χ0v) is 10.1. The molecule has 1 heterocycles. The molecule has 0 aliphatic heterocycles. The van der Waals surface area contributed by atoms with Gasteiger partial charge in [0.15, 0.2) is 0 Å². The summed E-state index contributed by atoms with van der Waals surface area (Å²) >= 11 is 0. The molecule has 0 aromatic carbocycles. The van der Waals surface area contributed by atoms with Crippen LogP contribution < -0.4 is 0 Å². The van der Waals surface area contributed by atoms with Gasteiger partial charge in [0.1, 0.15) is 0 Å². The predicted octanol–water partition coefficient (Wildman–Crippen LogP) is 4.55. The third-order valence-corrected chi connectivity index (χ3v) is 2.93. The van der Waals surface area contributed by atoms with Crippen LogP contribution >= 0.6 is 0 Å². The summed E-state index contributed by atoms with van der Waals surface area (Å²) in [5.74, 6) is 0.618. The van der Waals surface area contributed by atoms with E-state index in [4.69, 9.17) is 0 Å². The Kier molecular flexibility index (Phi) is 6.06. The highest BCUT2D eigenvalue weighted by Gasteiger charge is 2.05. The average Bonchev–Trinajstić information content (AvgIpc) is 2.30. The number of hydrogen-bond acceptors (Lipinski definition) is 1. The molecule has 0 aliphatic rings. The van der Waals surface area contributed by atoms with Crippen LogP contribution in [0.5, 0.6) is 0 Å². The van der Waals surface area contributed by atoms with E-state index >= 15 is 0 Å². The van der Waals surface area contributed by atoms with Gasteiger partial charge in [-0.15, -0.1) is 0 Å². The van der Waals surface area contributed by atoms with Crippen LogP contribution in [0.3, 0.4) is 0 Å². The summed E-state index contributed by atoms with van der Waals surface area (Å²) in [5, 5.41) is 0. The number of hydrogen-bond donors (Lipinski definition) is 0. The van der Waals surface area contributed by atoms with Crippen molar-refractivity contribution in [3.63, 3.8) is 0 Å². The Morgan fingerprint density at radius 3 is 2.60 bits per heavy atom. The molecule has 0 saturated heterocycles. The van der Waals surface area contributed by atoms with Gasteiger partial charge in [-0.3, -0.25) is 4.98 Å². The van der Waals surface area contributed by atoms with Crippen molar-refractivity contribution in [1.82, 2.24) is 4.98 Å². The summed E-state index contributed by atoms with van der Waals surface area (Å²) in [6.07, 6.45) is 10.0. The van der Waals surface area contributed by atoms with Crippen LogP contribution in [-0.2, 0) is 0 Å². The van der Waals surface area contributed by atoms with Crippen LogP contribution in [0.2, 0.25) is 0 Å². The maximum atomic E-state index is 4.39. The van der Waals surface area contributed by atoms with Crippen molar-refractivity contribution >= 4 is 0 Å². The zero-order valence-electron chi connectivity index (χ0n) is 10.1. The van der Waals surface area contributed by atoms with E-state index in [0.29, 0.717) is 5.92 Å². The third kappa shape index (κ3) is 4.96. The van der Waals surface area contributed by atoms with E-state index < -0.39 is 0 Å². The van der Waals surface area contributed by atoms with E-state index in [-0.39, 0.29) is 0 Å². The minimum absolute atomic E-state index is 0.618. The highest BCUT2D eigenvalue weighted by molar-refractivity contribution is 5.07. The van der Waals surface area contributed by atoms with Gasteiger partial charge in [-0.05, 0) is 24.5 Å². The Morgan fingerprint density at radius 1 is 1.13 bits per heavy atom. The molecule has 0 bridgehead atoms. The van der Waals surface area contributed by atoms with Gasteiger partial charge in [0.2, 0.25) is 0 Å². The van der Waals surface area contributed by atoms with Gasteiger partial charge in [-0.1, -0.05) is 52.0 Å². The van der Waals surface area contributed by atoms with E-state index in [1.165, 1.54) is 44.2 Å². The van der Waals surface area contributed by atoms with E-state index in [1.807, 2.05) is 12.3 Å². The number of unbranched alkanes of at least 4 members (excludes halogenated alkanes) is 4. The Balaban J connectivity index is 2.16. The molecule has 0 spiro atoms. The van der Waals surface area contributed by atoms with Gasteiger partial charge in [-0.2, -0.15) is 0 Å². The fraction of sp³-hybridized carbons (Fsp3) is 0.643. The summed E-state index contributed by atoms with van der Waals surface area (Å²) in [5.41, 5.74) is 1.24. The SMILES string of the molecule is CCCCCCC[C@@H](C)c1ccccn1. The van der Waals surface area contributed by atoms with Crippen LogP contribution in [0, 0.1) is 0 Å². The lowest BCUT2D eigenvalue weighted by Gasteiger charge is -2.09. The Morgan fingerprint density at radius 2 is 1.93 bits per heavy atom. The van der Waals surface area contributed by atoms with Crippen LogP contribution in [0.4, 0.5) is 0 Å². The molecule has 1 heteroatoms. The molecule has 1 atom stereocenters. The molecule has 0 aliphatic carbocycles. The lowest BCUT2D eigenvalue weighted by molar-refractivity contribution is 0.560. The van der Waals surface area contributed by atoms with Gasteiger partial charge in [0, 0.05) is 11.9 Å². The Hall–Kier alpha value is -0.850. The van der Waals surface area contributed by atoms with Crippen LogP contribution in [0.25, 0.3) is 0 Å². The first kappa shape index (κ1) is 12.2. The van der Waals surface area contributed by atoms with Gasteiger partial charge < -0.3 is 0 Å². The van der Waals surface area contributed by atoms with Gasteiger partial charge in [-0.25, -0.2) is 0 Å². The maximum absolute atomic E-state index is 4.39. The summed E-state index contributed by atoms with van der Waals surface area (Å²) in [6.45, 7) is 4.54. The normalized spacial score (nSPS) is 12.7. The lowest BCUT2D eigenvalue weighted by Crippen LogP contribution is -1.96. The second-order valence-electron chi connectivity index (χ2n) is 4.36. The van der Waals surface area contributed by atoms with Crippen molar-refractivity contribution in [2.45, 2.75) is 58.3 Å². The van der Waals surface area contributed by atoms with E-state index in [1.54, 1.807) is 0 Å². The number of aromatic nitrogens is 1. The van der Waals surface area contributed by atoms with Crippen molar-refractivity contribution in [3.05, 3.63) is 30.1 Å². The first-order chi connectivity index (χ1) is 7.34. The monoisotopic (exact) mass is 205 g/mol. The smallest absolute Gasteiger partial charge is 0.0431 e. The summed E-state index contributed by atoms with van der Waals surface area (Å²) < 4.78 is 0. The van der Waals surface area contributed by atoms with Gasteiger partial charge in [0.05, 0.1) is 0 Å². The van der Waals surface area contributed by atoms with Crippen molar-refractivity contribution in [2.24, 2.45) is 0 Å². The van der Waals surface area contributed by atoms with Crippen molar-refractivity contribution in [3.8, 4) is 0 Å². The maximum Gasteiger partial charge on any atom is 0.0431 e. The molecule has 1 aromatic rings. The van der Waals surface area contributed by atoms with Gasteiger partial charge >= 0.3 is 0 Å². The molecule has 1 rings (SSSR count). The molecule has 0 saturated carbocycles. The van der Waals surface area contributed by atoms with Crippen LogP contribution in [0.15, 0.2) is 24.4 Å². The van der Waals surface area contributed by atoms with E-state index in [2.05, 4.69) is 31.0 Å². The van der Waals surface area contributed by atoms with Gasteiger partial charge in [0.25, 0.3) is 0 Å². The topological polar surface area (TPSA) is 12.9 Å². The van der Waals surface area contributed by atoms with Crippen LogP contribution in [-0.4, -0.2) is 4.98 Å². The molecule has 0 N–H and O–H groups in total. The quantitative estimate of drug-likeness (QED) is 0.595. The van der Waals surface area contributed by atoms with E-state index in [0.717, 1.165) is 0 Å². The molecule has 15 heavy (non-hydrogen) atoms. The average molecular weight is 205 g/mol. The molecule has 1 aromatic heterocycles. The van der Waals surface area contributed by atoms with Crippen molar-refractivity contribution in [2.75, 3.05) is 0 Å². The van der Waals surface area contributed by atoms with E-state index in [9.17, 15) is 0 Å². The first-order valence-electron chi connectivity index (χ1n) is 6.25. The van der Waals surface area contributed by atoms with Crippen molar-refractivity contribution in [1.29, 1.82) is 0 Å². The molecule has 0 radical (unpaired) electrons. The van der Waals surface area contributed by atoms with Crippen LogP contribution in [0.1, 0.15) is 64.0 Å². The largest absolute Gasteiger partial charge is 0.261 e. The second kappa shape index (κ2) is 7.44. The lowest BCUT2D eigenvalue weighted by atomic mass is 9.99. The minimum Gasteiger partial charge on any atom is -0.261 e. The summed E-state index contributed by atoms with van der Waals surface area (Å²) in [7, 11) is 0. The molecule has 1 nitrogen and oxygen atoms in total. The Bertz CT molecular complexity index is 243. The highest BCUT2D eigenvalue weighted by atomic mass is 14.7. The Labute approximate surface area is 93.9 Å². The predicted molar refractivity (Wildman–Crippen MR) is 66.0 cm³/mol. The first-order valence-corrected chi connectivity index (χ1v) is 6.25. The molecular weight excluding hydrogens is 182 g/mol. The zero-order chi connectivity index (χ0) is 10.9. The fourth-order valence-electron chi connectivity index (χ4n) is 1.87. The minimum atomic E-state index is 0.618. The number of pyridine rings is 1. The second-order valence-corrected chi connectivity index (χ2v) is 4.36. The standard InChI is InChI=1S/C14H23N/c1-3-4-5-6-7-10-13(2)14-11-8-9-12-15-14/h8-9,11-13H,3-7,10H2,1-2H3/t13-/m1/s1. The number of rotatable bonds is 7. The molecule has 0 fully saturated rings. The molecule has 0 amide bonds. The fourth-order valence-corrected chi connectivity index (χ4v) is 1.87. The molecule has 84 valence electrons. The summed E-state index contributed by atoms with van der Waals surface area (Å²) in [4.78, 5) is 4.39. The highest BCUT2D eigenvalue weighted by Crippen LogP contribution is 2.19. The van der Waals surface area contributed by atoms with Crippen molar-refractivity contribution < 1.29 is 0 Å². The molecular formula is C14H23N. The third-order valence-electron chi connectivity index (χ3n) is 2.93. The number of nitrogens with zero attached hydrogens (tertiary/aromatic N) is 1. The molecule has 0 unspecified atom stereocenters.